The number of hydrogen-bond acceptors (Lipinski definition) is 1. The first kappa shape index (κ1) is 9.10. The molecule has 52 valence electrons. The fourth-order valence-corrected chi connectivity index (χ4v) is 0.643. The van der Waals surface area contributed by atoms with E-state index in [-0.39, 0.29) is 24.0 Å². The molecule has 0 aromatic heterocycles. The van der Waals surface area contributed by atoms with Crippen molar-refractivity contribution < 1.29 is 28.9 Å². The Kier molecular flexibility index (Phi) is 4.05. The van der Waals surface area contributed by atoms with Gasteiger partial charge >= 0.3 is 0 Å². The van der Waals surface area contributed by atoms with Crippen LogP contribution in [0.1, 0.15) is 13.8 Å². The Hall–Kier alpha value is 0.100. The predicted molar refractivity (Wildman–Crippen MR) is 33.7 cm³/mol. The Morgan fingerprint density at radius 1 is 1.44 bits per heavy atom. The summed E-state index contributed by atoms with van der Waals surface area (Å²) in [6, 6.07) is 0.623. The third-order valence-electron chi connectivity index (χ3n) is 1.24. The zero-order valence-corrected chi connectivity index (χ0v) is 7.79. The number of nitrogens with zero attached hydrogens (tertiary/aromatic N) is 1. The lowest BCUT2D eigenvalue weighted by molar-refractivity contribution is -0.763. The molecule has 0 aromatic carbocycles. The van der Waals surface area contributed by atoms with Gasteiger partial charge in [0.05, 0.1) is 12.2 Å². The summed E-state index contributed by atoms with van der Waals surface area (Å²) >= 11 is 0. The van der Waals surface area contributed by atoms with Crippen molar-refractivity contribution >= 4 is 6.34 Å². The zero-order valence-electron chi connectivity index (χ0n) is 5.63. The van der Waals surface area contributed by atoms with Crippen molar-refractivity contribution in [2.24, 2.45) is 4.99 Å². The molecular weight excluding hydrogens is 227 g/mol. The minimum absolute atomic E-state index is 0. The first-order chi connectivity index (χ1) is 3.80. The van der Waals surface area contributed by atoms with E-state index in [9.17, 15) is 0 Å². The lowest BCUT2D eigenvalue weighted by Gasteiger charge is -2.07. The summed E-state index contributed by atoms with van der Waals surface area (Å²) in [6.07, 6.45) is 5.78. The fraction of sp³-hybridized carbons (Fsp3) is 0.500. The summed E-state index contributed by atoms with van der Waals surface area (Å²) in [7, 11) is 0. The third kappa shape index (κ3) is 2.45. The van der Waals surface area contributed by atoms with Gasteiger partial charge in [-0.3, -0.25) is 4.90 Å². The van der Waals surface area contributed by atoms with Gasteiger partial charge in [-0.15, -0.1) is 0 Å². The molecule has 0 saturated carbocycles. The molecule has 1 N–H and O–H groups in total. The van der Waals surface area contributed by atoms with Gasteiger partial charge in [0, 0.05) is 0 Å². The molecular formula is C6H11IN2. The third-order valence-corrected chi connectivity index (χ3v) is 1.24. The maximum absolute atomic E-state index is 3.94. The second-order valence-corrected chi connectivity index (χ2v) is 2.25. The van der Waals surface area contributed by atoms with Crippen molar-refractivity contribution in [2.75, 3.05) is 0 Å². The molecule has 1 rings (SSSR count). The van der Waals surface area contributed by atoms with Crippen LogP contribution in [0.3, 0.4) is 0 Å². The minimum atomic E-state index is 0. The fourth-order valence-electron chi connectivity index (χ4n) is 0.643. The van der Waals surface area contributed by atoms with Gasteiger partial charge in [0.15, 0.2) is 6.34 Å². The molecule has 0 spiro atoms. The second kappa shape index (κ2) is 4.00. The lowest BCUT2D eigenvalue weighted by Crippen LogP contribution is -3.08. The summed E-state index contributed by atoms with van der Waals surface area (Å²) < 4.78 is 0. The van der Waals surface area contributed by atoms with Crippen molar-refractivity contribution in [1.82, 2.24) is 0 Å². The first-order valence-electron chi connectivity index (χ1n) is 2.87. The Morgan fingerprint density at radius 3 is 2.33 bits per heavy atom. The second-order valence-electron chi connectivity index (χ2n) is 2.25. The van der Waals surface area contributed by atoms with Crippen molar-refractivity contribution in [3.63, 3.8) is 0 Å². The molecule has 3 heteroatoms. The van der Waals surface area contributed by atoms with Crippen LogP contribution in [0.4, 0.5) is 0 Å². The Morgan fingerprint density at radius 2 is 2.11 bits per heavy atom. The van der Waals surface area contributed by atoms with Gasteiger partial charge in [0.25, 0.3) is 0 Å². The normalized spacial score (nSPS) is 22.8. The molecule has 1 aliphatic heterocycles. The van der Waals surface area contributed by atoms with E-state index in [1.54, 1.807) is 0 Å². The average molecular weight is 238 g/mol. The molecule has 1 unspecified atom stereocenters. The van der Waals surface area contributed by atoms with E-state index in [1.807, 2.05) is 18.7 Å². The van der Waals surface area contributed by atoms with E-state index in [0.717, 1.165) is 0 Å². The van der Waals surface area contributed by atoms with Crippen molar-refractivity contribution in [1.29, 1.82) is 0 Å². The van der Waals surface area contributed by atoms with Crippen molar-refractivity contribution in [3.05, 3.63) is 12.4 Å². The maximum Gasteiger partial charge on any atom is 0.193 e. The molecule has 0 radical (unpaired) electrons. The molecule has 0 aromatic rings. The molecule has 1 atom stereocenters. The van der Waals surface area contributed by atoms with Crippen LogP contribution in [0.15, 0.2) is 17.4 Å². The van der Waals surface area contributed by atoms with E-state index in [4.69, 9.17) is 0 Å². The highest BCUT2D eigenvalue weighted by Crippen LogP contribution is 1.74. The van der Waals surface area contributed by atoms with Crippen LogP contribution >= 0.6 is 0 Å². The zero-order chi connectivity index (χ0) is 5.98. The van der Waals surface area contributed by atoms with Crippen LogP contribution in [0.2, 0.25) is 0 Å². The van der Waals surface area contributed by atoms with E-state index < -0.39 is 0 Å². The van der Waals surface area contributed by atoms with Crippen LogP contribution in [0, 0.1) is 0 Å². The Balaban J connectivity index is 0.000000640. The highest BCUT2D eigenvalue weighted by Gasteiger charge is 2.08. The number of quaternary nitrogens is 1. The van der Waals surface area contributed by atoms with Gasteiger partial charge < -0.3 is 24.0 Å². The lowest BCUT2D eigenvalue weighted by atomic mass is 10.4. The summed E-state index contributed by atoms with van der Waals surface area (Å²) in [5.41, 5.74) is 0. The van der Waals surface area contributed by atoms with Gasteiger partial charge in [-0.05, 0) is 13.8 Å². The van der Waals surface area contributed by atoms with Gasteiger partial charge in [-0.25, -0.2) is 4.99 Å². The van der Waals surface area contributed by atoms with Crippen LogP contribution in [-0.2, 0) is 0 Å². The monoisotopic (exact) mass is 238 g/mol. The van der Waals surface area contributed by atoms with E-state index in [1.165, 1.54) is 4.90 Å². The molecule has 0 saturated heterocycles. The molecule has 1 aliphatic rings. The summed E-state index contributed by atoms with van der Waals surface area (Å²) in [6.45, 7) is 4.33. The summed E-state index contributed by atoms with van der Waals surface area (Å²) in [4.78, 5) is 5.27. The standard InChI is InChI=1S/C6H10N2.HI/c1-6(2)8-4-3-7-5-8;/h3-6H,1-2H3;1H. The Labute approximate surface area is 72.7 Å². The van der Waals surface area contributed by atoms with Crippen molar-refractivity contribution in [2.45, 2.75) is 19.9 Å². The first-order valence-corrected chi connectivity index (χ1v) is 2.87. The highest BCUT2D eigenvalue weighted by molar-refractivity contribution is 5.47. The van der Waals surface area contributed by atoms with Gasteiger partial charge in [-0.1, -0.05) is 0 Å². The van der Waals surface area contributed by atoms with E-state index in [2.05, 4.69) is 18.8 Å². The van der Waals surface area contributed by atoms with Crippen molar-refractivity contribution in [3.8, 4) is 0 Å². The minimum Gasteiger partial charge on any atom is -1.00 e. The molecule has 0 amide bonds. The van der Waals surface area contributed by atoms with Gasteiger partial charge in [-0.2, -0.15) is 0 Å². The topological polar surface area (TPSA) is 16.8 Å². The molecule has 1 heterocycles. The number of halogens is 1. The van der Waals surface area contributed by atoms with Gasteiger partial charge in [0.2, 0.25) is 0 Å². The van der Waals surface area contributed by atoms with Crippen LogP contribution in [0.25, 0.3) is 0 Å². The maximum atomic E-state index is 3.94. The van der Waals surface area contributed by atoms with Gasteiger partial charge in [0.1, 0.15) is 6.20 Å². The van der Waals surface area contributed by atoms with Crippen LogP contribution in [-0.4, -0.2) is 12.4 Å². The smallest absolute Gasteiger partial charge is 0.193 e. The molecule has 0 aliphatic carbocycles. The average Bonchev–Trinajstić information content (AvgIpc) is 2.12. The predicted octanol–water partition coefficient (Wildman–Crippen LogP) is -3.20. The van der Waals surface area contributed by atoms with E-state index in [0.29, 0.717) is 6.04 Å². The number of hydrogen-bond donors (Lipinski definition) is 1. The summed E-state index contributed by atoms with van der Waals surface area (Å²) in [5, 5.41) is 0. The quantitative estimate of drug-likeness (QED) is 0.463. The van der Waals surface area contributed by atoms with Crippen LogP contribution < -0.4 is 28.9 Å². The molecule has 0 fully saturated rings. The molecule has 0 bridgehead atoms. The molecule has 9 heavy (non-hydrogen) atoms. The van der Waals surface area contributed by atoms with Crippen LogP contribution in [0.5, 0.6) is 0 Å². The number of rotatable bonds is 1. The summed E-state index contributed by atoms with van der Waals surface area (Å²) in [5.74, 6) is 0. The highest BCUT2D eigenvalue weighted by atomic mass is 127. The number of nitrogens with one attached hydrogen (secondary N) is 1. The Bertz CT molecular complexity index is 117. The number of aliphatic imine (C=N–C) groups is 1. The largest absolute Gasteiger partial charge is 1.00 e. The van der Waals surface area contributed by atoms with E-state index >= 15 is 0 Å². The molecule has 2 nitrogen and oxygen atoms in total. The SMILES string of the molecule is CC(C)[NH+]1C=CN=C1.[I-].